The molecule has 0 saturated carbocycles. The molecule has 0 saturated heterocycles. The smallest absolute Gasteiger partial charge is 0.212 e. The Balaban J connectivity index is 1.71. The van der Waals surface area contributed by atoms with Crippen LogP contribution in [0.15, 0.2) is 77.3 Å². The molecule has 0 bridgehead atoms. The lowest BCUT2D eigenvalue weighted by Crippen LogP contribution is -2.32. The minimum Gasteiger partial charge on any atom is -0.456 e. The largest absolute Gasteiger partial charge is 0.456 e. The summed E-state index contributed by atoms with van der Waals surface area (Å²) in [7, 11) is 1.90. The Labute approximate surface area is 203 Å². The average molecular weight is 440 g/mol. The Bertz CT molecular complexity index is 1690. The van der Waals surface area contributed by atoms with Crippen molar-refractivity contribution in [3.63, 3.8) is 0 Å². The topological polar surface area (TPSA) is 17.0 Å². The summed E-state index contributed by atoms with van der Waals surface area (Å²) >= 11 is 0. The maximum atomic E-state index is 8.67. The highest BCUT2D eigenvalue weighted by Gasteiger charge is 2.19. The second-order valence-electron chi connectivity index (χ2n) is 9.81. The van der Waals surface area contributed by atoms with Gasteiger partial charge in [-0.25, -0.2) is 4.57 Å². The van der Waals surface area contributed by atoms with Gasteiger partial charge in [0.25, 0.3) is 0 Å². The third-order valence-corrected chi connectivity index (χ3v) is 5.98. The van der Waals surface area contributed by atoms with Gasteiger partial charge in [-0.1, -0.05) is 51.1 Å². The van der Waals surface area contributed by atoms with Crippen molar-refractivity contribution in [3.05, 3.63) is 89.6 Å². The molecule has 5 rings (SSSR count). The molecule has 0 aliphatic rings. The summed E-state index contributed by atoms with van der Waals surface area (Å²) in [5.41, 5.74) is 5.96. The van der Waals surface area contributed by atoms with Gasteiger partial charge in [-0.15, -0.1) is 0 Å². The van der Waals surface area contributed by atoms with Crippen LogP contribution in [0.3, 0.4) is 0 Å². The summed E-state index contributed by atoms with van der Waals surface area (Å²) in [4.78, 5) is 0. The second kappa shape index (κ2) is 7.88. The van der Waals surface area contributed by atoms with Crippen LogP contribution in [0.1, 0.15) is 44.3 Å². The van der Waals surface area contributed by atoms with Crippen LogP contribution in [-0.2, 0) is 13.4 Å². The van der Waals surface area contributed by atoms with Crippen molar-refractivity contribution in [3.8, 4) is 22.4 Å². The Kier molecular flexibility index (Phi) is 3.88. The molecular formula is C31H32NO+. The van der Waals surface area contributed by atoms with Gasteiger partial charge >= 0.3 is 0 Å². The number of furan rings is 1. The van der Waals surface area contributed by atoms with Crippen LogP contribution < -0.4 is 4.57 Å². The highest BCUT2D eigenvalue weighted by atomic mass is 16.3. The van der Waals surface area contributed by atoms with E-state index in [2.05, 4.69) is 0 Å². The van der Waals surface area contributed by atoms with Crippen molar-refractivity contribution in [1.29, 1.82) is 0 Å². The number of pyridine rings is 1. The molecule has 166 valence electrons. The first kappa shape index (κ1) is 16.3. The fourth-order valence-corrected chi connectivity index (χ4v) is 4.51. The maximum absolute atomic E-state index is 8.67. The highest BCUT2D eigenvalue weighted by Crippen LogP contribution is 2.36. The van der Waals surface area contributed by atoms with Gasteiger partial charge in [-0.3, -0.25) is 0 Å². The van der Waals surface area contributed by atoms with E-state index in [0.717, 1.165) is 44.3 Å². The molecule has 0 radical (unpaired) electrons. The maximum Gasteiger partial charge on any atom is 0.212 e. The molecule has 2 nitrogen and oxygen atoms in total. The second-order valence-corrected chi connectivity index (χ2v) is 9.81. The van der Waals surface area contributed by atoms with Gasteiger partial charge in [-0.05, 0) is 78.1 Å². The van der Waals surface area contributed by atoms with E-state index < -0.39 is 18.6 Å². The van der Waals surface area contributed by atoms with Gasteiger partial charge in [-0.2, -0.15) is 0 Å². The van der Waals surface area contributed by atoms with E-state index in [9.17, 15) is 0 Å². The van der Waals surface area contributed by atoms with Crippen molar-refractivity contribution in [2.24, 2.45) is 12.5 Å². The molecule has 0 amide bonds. The summed E-state index contributed by atoms with van der Waals surface area (Å²) in [6.07, 6.45) is 0.318. The van der Waals surface area contributed by atoms with Gasteiger partial charge in [0.05, 0.1) is 0 Å². The first-order valence-corrected chi connectivity index (χ1v) is 11.3. The van der Waals surface area contributed by atoms with E-state index in [1.54, 1.807) is 6.07 Å². The van der Waals surface area contributed by atoms with Gasteiger partial charge in [0.1, 0.15) is 18.2 Å². The zero-order chi connectivity index (χ0) is 27.6. The van der Waals surface area contributed by atoms with E-state index in [0.29, 0.717) is 16.7 Å². The first-order valence-electron chi connectivity index (χ1n) is 13.8. The molecule has 2 heteroatoms. The fourth-order valence-electron chi connectivity index (χ4n) is 4.51. The molecule has 3 aromatic carbocycles. The van der Waals surface area contributed by atoms with Crippen molar-refractivity contribution >= 4 is 21.9 Å². The Hall–Kier alpha value is -3.39. The van der Waals surface area contributed by atoms with Crippen molar-refractivity contribution in [2.75, 3.05) is 0 Å². The molecule has 0 aliphatic heterocycles. The summed E-state index contributed by atoms with van der Waals surface area (Å²) < 4.78 is 50.0. The standard InChI is InChI=1S/C31H32NO/c1-20-15-21(2)26(28-13-11-22(19-32(28)6)18-31(3,4)5)17-25(20)23-12-14-30-27(16-23)24-9-7-8-10-29(24)33-30/h7-17,19H,18H2,1-6H3/q+1/i1D3,18D2. The number of nitrogens with zero attached hydrogens (tertiary/aromatic N) is 1. The zero-order valence-corrected chi connectivity index (χ0v) is 19.8. The van der Waals surface area contributed by atoms with Crippen LogP contribution in [0, 0.1) is 19.2 Å². The van der Waals surface area contributed by atoms with Crippen LogP contribution in [-0.4, -0.2) is 0 Å². The third kappa shape index (κ3) is 4.06. The predicted octanol–water partition coefficient (Wildman–Crippen LogP) is 7.95. The lowest BCUT2D eigenvalue weighted by Gasteiger charge is -2.17. The summed E-state index contributed by atoms with van der Waals surface area (Å²) in [5, 5.41) is 1.93. The molecule has 0 atom stereocenters. The minimum absolute atomic E-state index is 0.300. The monoisotopic (exact) mass is 439 g/mol. The molecule has 33 heavy (non-hydrogen) atoms. The van der Waals surface area contributed by atoms with Crippen molar-refractivity contribution in [2.45, 2.75) is 40.9 Å². The minimum atomic E-state index is -2.29. The molecule has 0 N–H and O–H groups in total. The van der Waals surface area contributed by atoms with E-state index in [1.807, 2.05) is 106 Å². The lowest BCUT2D eigenvalue weighted by atomic mass is 9.88. The number of benzene rings is 3. The Morgan fingerprint density at radius 3 is 2.42 bits per heavy atom. The van der Waals surface area contributed by atoms with E-state index in [1.165, 1.54) is 0 Å². The molecule has 0 spiro atoms. The molecule has 5 aromatic rings. The number of aryl methyl sites for hydroxylation is 3. The lowest BCUT2D eigenvalue weighted by molar-refractivity contribution is -0.660. The van der Waals surface area contributed by atoms with Gasteiger partial charge in [0, 0.05) is 34.8 Å². The number of hydrogen-bond donors (Lipinski definition) is 0. The quantitative estimate of drug-likeness (QED) is 0.261. The van der Waals surface area contributed by atoms with Gasteiger partial charge < -0.3 is 4.42 Å². The molecule has 0 fully saturated rings. The normalized spacial score (nSPS) is 15.1. The third-order valence-electron chi connectivity index (χ3n) is 5.98. The number of para-hydroxylation sites is 1. The Morgan fingerprint density at radius 2 is 1.67 bits per heavy atom. The molecule has 0 aliphatic carbocycles. The van der Waals surface area contributed by atoms with Crippen LogP contribution in [0.4, 0.5) is 0 Å². The van der Waals surface area contributed by atoms with Crippen LogP contribution in [0.2, 0.25) is 0 Å². The van der Waals surface area contributed by atoms with Gasteiger partial charge in [0.15, 0.2) is 6.20 Å². The van der Waals surface area contributed by atoms with Crippen molar-refractivity contribution in [1.82, 2.24) is 0 Å². The first-order chi connectivity index (χ1) is 17.7. The zero-order valence-electron chi connectivity index (χ0n) is 24.8. The summed E-state index contributed by atoms with van der Waals surface area (Å²) in [6, 6.07) is 21.1. The highest BCUT2D eigenvalue weighted by molar-refractivity contribution is 6.06. The van der Waals surface area contributed by atoms with Crippen LogP contribution in [0.25, 0.3) is 44.3 Å². The number of rotatable bonds is 3. The summed E-state index contributed by atoms with van der Waals surface area (Å²) in [5.74, 6) is 0. The summed E-state index contributed by atoms with van der Waals surface area (Å²) in [6.45, 7) is 5.31. The van der Waals surface area contributed by atoms with Crippen LogP contribution in [0.5, 0.6) is 0 Å². The molecular weight excluding hydrogens is 402 g/mol. The SMILES string of the molecule is [2H]C([2H])([2H])c1cc(C)c(-c2ccc(C([2H])([2H])C(C)(C)C)c[n+]2C)cc1-c1ccc2oc3ccccc3c2c1. The predicted molar refractivity (Wildman–Crippen MR) is 138 cm³/mol. The van der Waals surface area contributed by atoms with E-state index >= 15 is 0 Å². The van der Waals surface area contributed by atoms with Crippen LogP contribution >= 0.6 is 0 Å². The van der Waals surface area contributed by atoms with E-state index in [-0.39, 0.29) is 0 Å². The van der Waals surface area contributed by atoms with E-state index in [4.69, 9.17) is 11.3 Å². The Morgan fingerprint density at radius 1 is 0.879 bits per heavy atom. The van der Waals surface area contributed by atoms with Gasteiger partial charge in [0.2, 0.25) is 5.69 Å². The number of hydrogen-bond acceptors (Lipinski definition) is 1. The number of aromatic nitrogens is 1. The molecule has 2 heterocycles. The average Bonchev–Trinajstić information content (AvgIpc) is 3.21. The fraction of sp³-hybridized carbons (Fsp3) is 0.258. The molecule has 0 unspecified atom stereocenters. The molecule has 2 aromatic heterocycles. The number of fused-ring (bicyclic) bond motifs is 3. The van der Waals surface area contributed by atoms with Crippen molar-refractivity contribution < 1.29 is 15.8 Å².